The molecule has 8 heavy (non-hydrogen) atoms. The van der Waals surface area contributed by atoms with Crippen molar-refractivity contribution in [1.29, 1.82) is 0 Å². The molecule has 42 valence electrons. The molecular formula is C2H3N4O2+. The summed E-state index contributed by atoms with van der Waals surface area (Å²) in [6.07, 6.45) is 1.21. The number of H-pyrrole nitrogens is 2. The number of hydrogen-bond acceptors (Lipinski definition) is 3. The van der Waals surface area contributed by atoms with Gasteiger partial charge in [-0.15, -0.1) is 4.98 Å². The topological polar surface area (TPSA) is 86.0 Å². The third-order valence-electron chi connectivity index (χ3n) is 0.619. The predicted octanol–water partition coefficient (Wildman–Crippen LogP) is -0.868. The van der Waals surface area contributed by atoms with Crippen molar-refractivity contribution in [2.24, 2.45) is 0 Å². The maximum Gasteiger partial charge on any atom is 0.598 e. The van der Waals surface area contributed by atoms with E-state index < -0.39 is 4.92 Å². The summed E-state index contributed by atoms with van der Waals surface area (Å²) in [6, 6.07) is 0. The van der Waals surface area contributed by atoms with Gasteiger partial charge in [0.2, 0.25) is 0 Å². The molecule has 1 aromatic heterocycles. The van der Waals surface area contributed by atoms with E-state index in [0.29, 0.717) is 0 Å². The molecule has 2 N–H and O–H groups in total. The van der Waals surface area contributed by atoms with Crippen LogP contribution >= 0.6 is 0 Å². The zero-order valence-electron chi connectivity index (χ0n) is 3.79. The molecule has 0 aliphatic heterocycles. The van der Waals surface area contributed by atoms with Gasteiger partial charge < -0.3 is 10.1 Å². The van der Waals surface area contributed by atoms with Crippen LogP contribution in [0.1, 0.15) is 0 Å². The normalized spacial score (nSPS) is 9.00. The van der Waals surface area contributed by atoms with E-state index in [9.17, 15) is 10.1 Å². The summed E-state index contributed by atoms with van der Waals surface area (Å²) in [7, 11) is 0. The van der Waals surface area contributed by atoms with E-state index in [1.54, 1.807) is 0 Å². The number of nitrogens with zero attached hydrogens (tertiary/aromatic N) is 2. The molecule has 0 aliphatic carbocycles. The molecule has 0 bridgehead atoms. The van der Waals surface area contributed by atoms with Crippen LogP contribution in [0.5, 0.6) is 0 Å². The Morgan fingerprint density at radius 1 is 2.00 bits per heavy atom. The Bertz CT molecular complexity index is 180. The highest BCUT2D eigenvalue weighted by Gasteiger charge is 2.12. The van der Waals surface area contributed by atoms with Crippen molar-refractivity contribution in [3.8, 4) is 0 Å². The monoisotopic (exact) mass is 115 g/mol. The molecule has 6 nitrogen and oxygen atoms in total. The maximum atomic E-state index is 9.77. The van der Waals surface area contributed by atoms with Crippen molar-refractivity contribution in [2.75, 3.05) is 0 Å². The lowest BCUT2D eigenvalue weighted by molar-refractivity contribution is -0.528. The Balaban J connectivity index is 2.93. The van der Waals surface area contributed by atoms with Gasteiger partial charge in [0.15, 0.2) is 0 Å². The Kier molecular flexibility index (Phi) is 0.918. The lowest BCUT2D eigenvalue weighted by Crippen LogP contribution is -2.04. The average Bonchev–Trinajstić information content (AvgIpc) is 2.12. The second kappa shape index (κ2) is 1.57. The summed E-state index contributed by atoms with van der Waals surface area (Å²) in [5, 5.41) is 15.2. The average molecular weight is 115 g/mol. The summed E-state index contributed by atoms with van der Waals surface area (Å²) in [4.78, 5) is 11.4. The minimum Gasteiger partial charge on any atom is -0.320 e. The van der Waals surface area contributed by atoms with Gasteiger partial charge in [-0.3, -0.25) is 0 Å². The second-order valence-electron chi connectivity index (χ2n) is 1.12. The van der Waals surface area contributed by atoms with Gasteiger partial charge in [-0.2, -0.15) is 0 Å². The van der Waals surface area contributed by atoms with Gasteiger partial charge in [-0.25, -0.2) is 0 Å². The van der Waals surface area contributed by atoms with Gasteiger partial charge >= 0.3 is 5.95 Å². The minimum atomic E-state index is -0.590. The van der Waals surface area contributed by atoms with Crippen LogP contribution in [-0.4, -0.2) is 15.1 Å². The Hall–Kier alpha value is -1.46. The Morgan fingerprint density at radius 3 is 3.00 bits per heavy atom. The fourth-order valence-electron chi connectivity index (χ4n) is 0.313. The van der Waals surface area contributed by atoms with Crippen LogP contribution in [0.25, 0.3) is 0 Å². The van der Waals surface area contributed by atoms with Crippen LogP contribution in [0.15, 0.2) is 6.33 Å². The Labute approximate surface area is 43.7 Å². The van der Waals surface area contributed by atoms with Crippen LogP contribution in [0.3, 0.4) is 0 Å². The van der Waals surface area contributed by atoms with E-state index in [1.807, 2.05) is 0 Å². The number of rotatable bonds is 1. The van der Waals surface area contributed by atoms with Crippen LogP contribution in [0.2, 0.25) is 0 Å². The van der Waals surface area contributed by atoms with Crippen LogP contribution in [0.4, 0.5) is 5.95 Å². The first-order valence-electron chi connectivity index (χ1n) is 1.86. The second-order valence-corrected chi connectivity index (χ2v) is 1.12. The molecular weight excluding hydrogens is 112 g/mol. The first-order valence-corrected chi connectivity index (χ1v) is 1.86. The summed E-state index contributed by atoms with van der Waals surface area (Å²) < 4.78 is 0. The molecule has 0 saturated heterocycles. The smallest absolute Gasteiger partial charge is 0.320 e. The van der Waals surface area contributed by atoms with E-state index in [1.165, 1.54) is 6.33 Å². The molecule has 0 aromatic carbocycles. The lowest BCUT2D eigenvalue weighted by atomic mass is 11.1. The number of aromatic amines is 2. The summed E-state index contributed by atoms with van der Waals surface area (Å²) in [6.45, 7) is 0. The molecule has 0 atom stereocenters. The SMILES string of the molecule is O=[N+]([O-])c1[nH]nc[nH+]1. The Morgan fingerprint density at radius 2 is 2.75 bits per heavy atom. The van der Waals surface area contributed by atoms with Crippen molar-refractivity contribution in [3.63, 3.8) is 0 Å². The first-order chi connectivity index (χ1) is 3.80. The molecule has 0 amide bonds. The third kappa shape index (κ3) is 0.625. The lowest BCUT2D eigenvalue weighted by Gasteiger charge is -1.73. The fraction of sp³-hybridized carbons (Fsp3) is 0. The fourth-order valence-corrected chi connectivity index (χ4v) is 0.313. The quantitative estimate of drug-likeness (QED) is 0.381. The van der Waals surface area contributed by atoms with Crippen LogP contribution in [-0.2, 0) is 0 Å². The van der Waals surface area contributed by atoms with Crippen LogP contribution < -0.4 is 4.98 Å². The first kappa shape index (κ1) is 4.69. The molecule has 0 saturated carbocycles. The molecule has 1 aromatic rings. The van der Waals surface area contributed by atoms with Gasteiger partial charge in [-0.05, 0) is 5.10 Å². The molecule has 0 spiro atoms. The van der Waals surface area contributed by atoms with E-state index >= 15 is 0 Å². The van der Waals surface area contributed by atoms with Gasteiger partial charge in [0, 0.05) is 0 Å². The van der Waals surface area contributed by atoms with E-state index in [2.05, 4.69) is 15.2 Å². The van der Waals surface area contributed by atoms with Crippen molar-refractivity contribution < 1.29 is 9.91 Å². The van der Waals surface area contributed by atoms with Crippen molar-refractivity contribution in [3.05, 3.63) is 16.4 Å². The predicted molar refractivity (Wildman–Crippen MR) is 21.8 cm³/mol. The molecule has 1 rings (SSSR count). The number of nitro groups is 1. The highest BCUT2D eigenvalue weighted by atomic mass is 16.6. The number of hydrogen-bond donors (Lipinski definition) is 1. The zero-order valence-corrected chi connectivity index (χ0v) is 3.79. The standard InChI is InChI=1S/C2H2N4O2/c7-6(8)2-3-1-4-5-2/h1H,(H,3,4,5)/p+1. The highest BCUT2D eigenvalue weighted by molar-refractivity contribution is 4.82. The largest absolute Gasteiger partial charge is 0.598 e. The summed E-state index contributed by atoms with van der Waals surface area (Å²) >= 11 is 0. The molecule has 1 heterocycles. The third-order valence-corrected chi connectivity index (χ3v) is 0.619. The minimum absolute atomic E-state index is 0.204. The molecule has 0 aliphatic rings. The van der Waals surface area contributed by atoms with Gasteiger partial charge in [-0.1, -0.05) is 5.10 Å². The van der Waals surface area contributed by atoms with E-state index in [0.717, 1.165) is 0 Å². The number of aromatic nitrogens is 3. The van der Waals surface area contributed by atoms with Crippen molar-refractivity contribution in [2.45, 2.75) is 0 Å². The van der Waals surface area contributed by atoms with Crippen molar-refractivity contribution >= 4 is 5.95 Å². The van der Waals surface area contributed by atoms with E-state index in [-0.39, 0.29) is 5.95 Å². The van der Waals surface area contributed by atoms with Gasteiger partial charge in [0.25, 0.3) is 6.33 Å². The van der Waals surface area contributed by atoms with Gasteiger partial charge in [0.1, 0.15) is 0 Å². The molecule has 0 radical (unpaired) electrons. The van der Waals surface area contributed by atoms with Gasteiger partial charge in [0.05, 0.1) is 4.92 Å². The van der Waals surface area contributed by atoms with Crippen LogP contribution in [0, 0.1) is 10.1 Å². The highest BCUT2D eigenvalue weighted by Crippen LogP contribution is 1.87. The molecule has 0 unspecified atom stereocenters. The van der Waals surface area contributed by atoms with Crippen molar-refractivity contribution in [1.82, 2.24) is 10.2 Å². The molecule has 6 heteroatoms. The molecule has 0 fully saturated rings. The zero-order chi connectivity index (χ0) is 5.98. The van der Waals surface area contributed by atoms with E-state index in [4.69, 9.17) is 0 Å². The number of nitrogens with one attached hydrogen (secondary N) is 2. The maximum absolute atomic E-state index is 9.77. The summed E-state index contributed by atoms with van der Waals surface area (Å²) in [5.74, 6) is -0.204. The summed E-state index contributed by atoms with van der Waals surface area (Å²) in [5.41, 5.74) is 0.